The Hall–Kier alpha value is -0.200. The third-order valence-corrected chi connectivity index (χ3v) is 5.11. The van der Waals surface area contributed by atoms with Gasteiger partial charge in [0.05, 0.1) is 0 Å². The molecule has 2 heteroatoms. The first kappa shape index (κ1) is 14.2. The van der Waals surface area contributed by atoms with Crippen molar-refractivity contribution in [3.63, 3.8) is 0 Å². The quantitative estimate of drug-likeness (QED) is 0.637. The van der Waals surface area contributed by atoms with Crippen molar-refractivity contribution in [3.8, 4) is 0 Å². The van der Waals surface area contributed by atoms with Gasteiger partial charge in [0.2, 0.25) is 0 Å². The van der Waals surface area contributed by atoms with Gasteiger partial charge >= 0.3 is 0 Å². The van der Waals surface area contributed by atoms with E-state index in [1.807, 2.05) is 12.1 Å². The Labute approximate surface area is 121 Å². The number of hydrogen-bond donors (Lipinski definition) is 0. The molecule has 1 aliphatic rings. The minimum absolute atomic E-state index is 0.343. The minimum atomic E-state index is 0.343. The van der Waals surface area contributed by atoms with Crippen molar-refractivity contribution in [1.29, 1.82) is 0 Å². The molecule has 1 fully saturated rings. The number of hydrogen-bond acceptors (Lipinski definition) is 0. The molecule has 0 N–H and O–H groups in total. The smallest absolute Gasteiger partial charge is 0.0406 e. The van der Waals surface area contributed by atoms with Crippen LogP contribution in [0.5, 0.6) is 0 Å². The van der Waals surface area contributed by atoms with Gasteiger partial charge in [-0.3, -0.25) is 0 Å². The van der Waals surface area contributed by atoms with Crippen molar-refractivity contribution in [3.05, 3.63) is 34.9 Å². The van der Waals surface area contributed by atoms with Crippen LogP contribution < -0.4 is 0 Å². The highest BCUT2D eigenvalue weighted by Crippen LogP contribution is 2.38. The SMILES string of the molecule is CC(C)C1CCC(Cl)C(Cc2ccc(Cl)cc2)C1. The normalized spacial score (nSPS) is 28.6. The summed E-state index contributed by atoms with van der Waals surface area (Å²) in [7, 11) is 0. The van der Waals surface area contributed by atoms with Crippen molar-refractivity contribution in [2.45, 2.75) is 44.9 Å². The average Bonchev–Trinajstić information content (AvgIpc) is 2.34. The molecule has 18 heavy (non-hydrogen) atoms. The molecule has 2 rings (SSSR count). The molecule has 0 spiro atoms. The molecule has 1 aromatic carbocycles. The summed E-state index contributed by atoms with van der Waals surface area (Å²) in [4.78, 5) is 0. The van der Waals surface area contributed by atoms with E-state index in [-0.39, 0.29) is 0 Å². The molecule has 0 bridgehead atoms. The maximum absolute atomic E-state index is 6.51. The second kappa shape index (κ2) is 6.30. The van der Waals surface area contributed by atoms with Gasteiger partial charge in [0.15, 0.2) is 0 Å². The van der Waals surface area contributed by atoms with Crippen LogP contribution in [-0.4, -0.2) is 5.38 Å². The molecular weight excluding hydrogens is 263 g/mol. The Morgan fingerprint density at radius 3 is 2.44 bits per heavy atom. The van der Waals surface area contributed by atoms with Gasteiger partial charge in [-0.1, -0.05) is 37.6 Å². The number of halogens is 2. The van der Waals surface area contributed by atoms with Crippen LogP contribution in [0.4, 0.5) is 0 Å². The summed E-state index contributed by atoms with van der Waals surface area (Å²) in [6.07, 6.45) is 4.83. The number of alkyl halides is 1. The third kappa shape index (κ3) is 3.65. The monoisotopic (exact) mass is 284 g/mol. The molecule has 0 heterocycles. The van der Waals surface area contributed by atoms with Gasteiger partial charge in [-0.25, -0.2) is 0 Å². The molecule has 3 unspecified atom stereocenters. The van der Waals surface area contributed by atoms with E-state index in [1.165, 1.54) is 24.8 Å². The van der Waals surface area contributed by atoms with E-state index in [0.29, 0.717) is 11.3 Å². The molecule has 1 aromatic rings. The van der Waals surface area contributed by atoms with E-state index in [4.69, 9.17) is 23.2 Å². The van der Waals surface area contributed by atoms with Gasteiger partial charge in [0, 0.05) is 10.4 Å². The first-order chi connectivity index (χ1) is 8.56. The Kier molecular flexibility index (Phi) is 4.98. The maximum atomic E-state index is 6.51. The van der Waals surface area contributed by atoms with Gasteiger partial charge in [-0.05, 0) is 61.1 Å². The highest BCUT2D eigenvalue weighted by Gasteiger charge is 2.30. The second-order valence-corrected chi connectivity index (χ2v) is 6.92. The van der Waals surface area contributed by atoms with Crippen LogP contribution in [0.25, 0.3) is 0 Å². The van der Waals surface area contributed by atoms with E-state index in [9.17, 15) is 0 Å². The van der Waals surface area contributed by atoms with Gasteiger partial charge in [0.25, 0.3) is 0 Å². The Morgan fingerprint density at radius 2 is 1.83 bits per heavy atom. The van der Waals surface area contributed by atoms with E-state index in [0.717, 1.165) is 23.3 Å². The number of benzene rings is 1. The lowest BCUT2D eigenvalue weighted by atomic mass is 9.74. The molecule has 0 aromatic heterocycles. The van der Waals surface area contributed by atoms with Crippen LogP contribution in [0.3, 0.4) is 0 Å². The average molecular weight is 285 g/mol. The Morgan fingerprint density at radius 1 is 1.17 bits per heavy atom. The van der Waals surface area contributed by atoms with Crippen LogP contribution in [0.1, 0.15) is 38.7 Å². The van der Waals surface area contributed by atoms with Crippen molar-refractivity contribution >= 4 is 23.2 Å². The summed E-state index contributed by atoms with van der Waals surface area (Å²) >= 11 is 12.4. The standard InChI is InChI=1S/C16H22Cl2/c1-11(2)13-5-8-16(18)14(10-13)9-12-3-6-15(17)7-4-12/h3-4,6-7,11,13-14,16H,5,8-10H2,1-2H3. The zero-order chi connectivity index (χ0) is 13.1. The highest BCUT2D eigenvalue weighted by atomic mass is 35.5. The first-order valence-electron chi connectivity index (χ1n) is 6.94. The fraction of sp³-hybridized carbons (Fsp3) is 0.625. The fourth-order valence-corrected chi connectivity index (χ4v) is 3.45. The van der Waals surface area contributed by atoms with Gasteiger partial charge in [0.1, 0.15) is 0 Å². The minimum Gasteiger partial charge on any atom is -0.123 e. The van der Waals surface area contributed by atoms with Gasteiger partial charge in [-0.15, -0.1) is 11.6 Å². The summed E-state index contributed by atoms with van der Waals surface area (Å²) in [6, 6.07) is 8.21. The first-order valence-corrected chi connectivity index (χ1v) is 7.76. The lowest BCUT2D eigenvalue weighted by Gasteiger charge is -2.35. The summed E-state index contributed by atoms with van der Waals surface area (Å²) in [5, 5.41) is 1.15. The Bertz CT molecular complexity index is 369. The Balaban J connectivity index is 2.00. The van der Waals surface area contributed by atoms with Gasteiger partial charge < -0.3 is 0 Å². The van der Waals surface area contributed by atoms with E-state index in [2.05, 4.69) is 26.0 Å². The summed E-state index contributed by atoms with van der Waals surface area (Å²) < 4.78 is 0. The molecule has 0 saturated heterocycles. The van der Waals surface area contributed by atoms with E-state index >= 15 is 0 Å². The zero-order valence-electron chi connectivity index (χ0n) is 11.2. The van der Waals surface area contributed by atoms with Gasteiger partial charge in [-0.2, -0.15) is 0 Å². The van der Waals surface area contributed by atoms with E-state index < -0.39 is 0 Å². The van der Waals surface area contributed by atoms with Crippen molar-refractivity contribution in [2.75, 3.05) is 0 Å². The second-order valence-electron chi connectivity index (χ2n) is 5.92. The lowest BCUT2D eigenvalue weighted by molar-refractivity contribution is 0.218. The van der Waals surface area contributed by atoms with Crippen LogP contribution in [0, 0.1) is 17.8 Å². The molecular formula is C16H22Cl2. The number of rotatable bonds is 3. The topological polar surface area (TPSA) is 0 Å². The predicted octanol–water partition coefficient (Wildman–Crippen LogP) is 5.56. The summed E-state index contributed by atoms with van der Waals surface area (Å²) in [5.41, 5.74) is 1.36. The molecule has 1 aliphatic carbocycles. The van der Waals surface area contributed by atoms with Crippen LogP contribution in [0.15, 0.2) is 24.3 Å². The summed E-state index contributed by atoms with van der Waals surface area (Å²) in [6.45, 7) is 4.66. The van der Waals surface area contributed by atoms with Crippen molar-refractivity contribution in [2.24, 2.45) is 17.8 Å². The maximum Gasteiger partial charge on any atom is 0.0406 e. The molecule has 0 radical (unpaired) electrons. The van der Waals surface area contributed by atoms with E-state index in [1.54, 1.807) is 0 Å². The summed E-state index contributed by atoms with van der Waals surface area (Å²) in [5.74, 6) is 2.24. The van der Waals surface area contributed by atoms with Crippen molar-refractivity contribution in [1.82, 2.24) is 0 Å². The van der Waals surface area contributed by atoms with Crippen LogP contribution >= 0.6 is 23.2 Å². The fourth-order valence-electron chi connectivity index (χ4n) is 3.00. The van der Waals surface area contributed by atoms with Crippen molar-refractivity contribution < 1.29 is 0 Å². The molecule has 0 nitrogen and oxygen atoms in total. The molecule has 100 valence electrons. The molecule has 0 aliphatic heterocycles. The molecule has 1 saturated carbocycles. The van der Waals surface area contributed by atoms with Crippen LogP contribution in [-0.2, 0) is 6.42 Å². The largest absolute Gasteiger partial charge is 0.123 e. The molecule has 3 atom stereocenters. The lowest BCUT2D eigenvalue weighted by Crippen LogP contribution is -2.29. The third-order valence-electron chi connectivity index (χ3n) is 4.28. The predicted molar refractivity (Wildman–Crippen MR) is 80.5 cm³/mol. The zero-order valence-corrected chi connectivity index (χ0v) is 12.7. The van der Waals surface area contributed by atoms with Crippen LogP contribution in [0.2, 0.25) is 5.02 Å². The highest BCUT2D eigenvalue weighted by molar-refractivity contribution is 6.30. The molecule has 0 amide bonds.